The van der Waals surface area contributed by atoms with Crippen LogP contribution in [0, 0.1) is 11.8 Å². The van der Waals surface area contributed by atoms with Gasteiger partial charge in [-0.2, -0.15) is 0 Å². The van der Waals surface area contributed by atoms with Crippen molar-refractivity contribution in [3.05, 3.63) is 107 Å². The molecule has 2 heterocycles. The van der Waals surface area contributed by atoms with Crippen molar-refractivity contribution in [3.63, 3.8) is 0 Å². The molecular formula is C56H82Cl2N10O8. The predicted octanol–water partition coefficient (Wildman–Crippen LogP) is 4.65. The van der Waals surface area contributed by atoms with Crippen LogP contribution in [0.25, 0.3) is 0 Å². The number of nitrogens with zero attached hydrogens (tertiary/aromatic N) is 4. The highest BCUT2D eigenvalue weighted by molar-refractivity contribution is 6.01. The highest BCUT2D eigenvalue weighted by Gasteiger charge is 2.47. The summed E-state index contributed by atoms with van der Waals surface area (Å²) in [7, 11) is 6.68. The molecule has 2 saturated heterocycles. The van der Waals surface area contributed by atoms with E-state index in [2.05, 4.69) is 31.9 Å². The Morgan fingerprint density at radius 2 is 0.882 bits per heavy atom. The maximum absolute atomic E-state index is 14.6. The van der Waals surface area contributed by atoms with E-state index in [1.165, 1.54) is 15.9 Å². The van der Waals surface area contributed by atoms with Crippen molar-refractivity contribution in [3.8, 4) is 0 Å². The van der Waals surface area contributed by atoms with Gasteiger partial charge in [0.2, 0.25) is 35.4 Å². The van der Waals surface area contributed by atoms with Crippen molar-refractivity contribution in [2.75, 3.05) is 41.3 Å². The molecule has 418 valence electrons. The van der Waals surface area contributed by atoms with Crippen LogP contribution >= 0.6 is 24.8 Å². The molecule has 0 aromatic heterocycles. The Hall–Kier alpha value is -6.08. The molecule has 0 radical (unpaired) electrons. The lowest BCUT2D eigenvalue weighted by atomic mass is 9.96. The van der Waals surface area contributed by atoms with Crippen LogP contribution in [-0.4, -0.2) is 156 Å². The molecule has 3 aromatic rings. The maximum Gasteiger partial charge on any atom is 0.251 e. The van der Waals surface area contributed by atoms with Crippen LogP contribution in [-0.2, 0) is 28.8 Å². The summed E-state index contributed by atoms with van der Waals surface area (Å²) < 4.78 is 0. The monoisotopic (exact) mass is 1090 g/mol. The topological polar surface area (TPSA) is 222 Å². The number of likely N-dealkylation sites (tertiary alicyclic amines) is 2. The third kappa shape index (κ3) is 15.5. The van der Waals surface area contributed by atoms with Gasteiger partial charge in [0.05, 0.1) is 24.2 Å². The summed E-state index contributed by atoms with van der Waals surface area (Å²) in [6, 6.07) is 18.2. The maximum atomic E-state index is 14.6. The molecule has 6 N–H and O–H groups in total. The zero-order chi connectivity index (χ0) is 54.6. The highest BCUT2D eigenvalue weighted by atomic mass is 35.5. The second kappa shape index (κ2) is 29.4. The lowest BCUT2D eigenvalue weighted by Gasteiger charge is -2.34. The molecule has 2 aliphatic rings. The van der Waals surface area contributed by atoms with Gasteiger partial charge in [0.25, 0.3) is 11.8 Å². The molecule has 2 fully saturated rings. The predicted molar refractivity (Wildman–Crippen MR) is 299 cm³/mol. The summed E-state index contributed by atoms with van der Waals surface area (Å²) >= 11 is 0. The van der Waals surface area contributed by atoms with Gasteiger partial charge < -0.3 is 51.5 Å². The number of rotatable bonds is 22. The highest BCUT2D eigenvalue weighted by Crippen LogP contribution is 2.29. The van der Waals surface area contributed by atoms with E-state index in [0.29, 0.717) is 12.8 Å². The van der Waals surface area contributed by atoms with Crippen molar-refractivity contribution in [2.45, 2.75) is 141 Å². The third-order valence-electron chi connectivity index (χ3n) is 15.4. The molecule has 12 atom stereocenters. The second-order valence-electron chi connectivity index (χ2n) is 20.2. The van der Waals surface area contributed by atoms with E-state index in [1.807, 2.05) is 102 Å². The molecule has 5 rings (SSSR count). The molecule has 20 heteroatoms. The van der Waals surface area contributed by atoms with E-state index in [9.17, 15) is 38.4 Å². The Bertz CT molecular complexity index is 2290. The fraction of sp³-hybridized carbons (Fsp3) is 0.536. The van der Waals surface area contributed by atoms with Crippen LogP contribution in [0.5, 0.6) is 0 Å². The molecule has 2 aliphatic heterocycles. The number of halogens is 2. The lowest BCUT2D eigenvalue weighted by molar-refractivity contribution is -0.146. The van der Waals surface area contributed by atoms with Gasteiger partial charge in [0, 0.05) is 50.4 Å². The fourth-order valence-corrected chi connectivity index (χ4v) is 9.48. The molecule has 0 aliphatic carbocycles. The van der Waals surface area contributed by atoms with Gasteiger partial charge in [-0.3, -0.25) is 38.4 Å². The number of nitrogens with one attached hydrogen (secondary N) is 6. The number of benzene rings is 3. The molecule has 8 amide bonds. The Morgan fingerprint density at radius 1 is 0.539 bits per heavy atom. The lowest BCUT2D eigenvalue weighted by Crippen LogP contribution is -2.57. The van der Waals surface area contributed by atoms with Crippen LogP contribution in [0.3, 0.4) is 0 Å². The average molecular weight is 1090 g/mol. The van der Waals surface area contributed by atoms with Gasteiger partial charge in [-0.05, 0) is 95.8 Å². The van der Waals surface area contributed by atoms with Gasteiger partial charge in [0.15, 0.2) is 0 Å². The molecule has 0 spiro atoms. The quantitative estimate of drug-likeness (QED) is 0.0818. The van der Waals surface area contributed by atoms with E-state index >= 15 is 0 Å². The summed E-state index contributed by atoms with van der Waals surface area (Å²) in [5.41, 5.74) is 2.12. The number of hydrogen-bond acceptors (Lipinski definition) is 10. The molecular weight excluding hydrogens is 1010 g/mol. The van der Waals surface area contributed by atoms with Gasteiger partial charge in [-0.15, -0.1) is 24.8 Å². The Morgan fingerprint density at radius 3 is 1.20 bits per heavy atom. The third-order valence-corrected chi connectivity index (χ3v) is 15.4. The summed E-state index contributed by atoms with van der Waals surface area (Å²) in [6.07, 6.45) is 1.34. The number of amides is 8. The van der Waals surface area contributed by atoms with Crippen LogP contribution in [0.15, 0.2) is 84.9 Å². The number of carbonyl (C=O) groups is 8. The fourth-order valence-electron chi connectivity index (χ4n) is 9.48. The van der Waals surface area contributed by atoms with E-state index in [4.69, 9.17) is 0 Å². The van der Waals surface area contributed by atoms with Crippen LogP contribution in [0.2, 0.25) is 0 Å². The smallest absolute Gasteiger partial charge is 0.251 e. The summed E-state index contributed by atoms with van der Waals surface area (Å²) in [5.74, 6) is -3.84. The SMILES string of the molecule is CC[C@H](C)C(NC(=O)[C@H](C)NC)C(=O)N1C[C@@H](NC(=O)c2cccc(C(=O)N[C@H]3C[C@@H](C(=O)N(C)[C@H](C)c4ccccc4)N(C(=O)C(NC(=O)[C@H](C)NC)[C@@H](C)CC)C3)c2)C[C@H]1C(=O)N(C)C(C)c1ccccc1.Cl.Cl. The number of hydrogen-bond donors (Lipinski definition) is 6. The van der Waals surface area contributed by atoms with Crippen molar-refractivity contribution >= 4 is 72.1 Å². The van der Waals surface area contributed by atoms with E-state index < -0.39 is 72.0 Å². The van der Waals surface area contributed by atoms with Crippen LogP contribution < -0.4 is 31.9 Å². The number of likely N-dealkylation sites (N-methyl/N-ethyl adjacent to an activating group) is 4. The minimum atomic E-state index is -0.963. The molecule has 0 bridgehead atoms. The van der Waals surface area contributed by atoms with E-state index in [1.54, 1.807) is 70.0 Å². The van der Waals surface area contributed by atoms with Crippen molar-refractivity contribution in [1.82, 2.24) is 51.5 Å². The zero-order valence-corrected chi connectivity index (χ0v) is 47.8. The standard InChI is InChI=1S/C56H80N10O8.2ClH/c1-13-33(3)47(61-49(67)35(5)57-9)55(73)65-31-43(29-45(65)53(71)63(11)37(7)39-22-17-15-18-23-39)59-51(69)41-26-21-27-42(28-41)52(70)60-44-30-46(54(72)64(12)38(8)40-24-19-16-20-25-40)66(32-44)56(74)48(34(4)14-2)62-50(68)36(6)58-10;;/h15-28,33-38,43-48,57-58H,13-14,29-32H2,1-12H3,(H,59,69)(H,60,70)(H,61,67)(H,62,68);2*1H/t33-,34-,35-,36-,37+,38?,43-,44-,45-,46-,47?,48?;;/m0../s1. The first-order valence-electron chi connectivity index (χ1n) is 26.1. The second-order valence-corrected chi connectivity index (χ2v) is 20.2. The van der Waals surface area contributed by atoms with Crippen LogP contribution in [0.1, 0.15) is 125 Å². The number of carbonyl (C=O) groups excluding carboxylic acids is 8. The van der Waals surface area contributed by atoms with Crippen LogP contribution in [0.4, 0.5) is 0 Å². The minimum Gasteiger partial charge on any atom is -0.347 e. The minimum absolute atomic E-state index is 0. The molecule has 18 nitrogen and oxygen atoms in total. The molecule has 76 heavy (non-hydrogen) atoms. The first kappa shape index (κ1) is 64.2. The summed E-state index contributed by atoms with van der Waals surface area (Å²) in [6.45, 7) is 14.8. The molecule has 3 aromatic carbocycles. The van der Waals surface area contributed by atoms with E-state index in [0.717, 1.165) is 11.1 Å². The van der Waals surface area contributed by atoms with Gasteiger partial charge in [0.1, 0.15) is 24.2 Å². The Balaban J connectivity index is 0.00000760. The average Bonchev–Trinajstić information content (AvgIpc) is 4.06. The Labute approximate surface area is 461 Å². The zero-order valence-electron chi connectivity index (χ0n) is 46.1. The van der Waals surface area contributed by atoms with Crippen molar-refractivity contribution in [1.29, 1.82) is 0 Å². The normalized spacial score (nSPS) is 20.1. The summed E-state index contributed by atoms with van der Waals surface area (Å²) in [5, 5.41) is 17.7. The van der Waals surface area contributed by atoms with Crippen molar-refractivity contribution in [2.24, 2.45) is 11.8 Å². The molecule has 0 saturated carbocycles. The van der Waals surface area contributed by atoms with Gasteiger partial charge in [-0.1, -0.05) is 107 Å². The van der Waals surface area contributed by atoms with Gasteiger partial charge >= 0.3 is 0 Å². The van der Waals surface area contributed by atoms with Crippen molar-refractivity contribution < 1.29 is 38.4 Å². The summed E-state index contributed by atoms with van der Waals surface area (Å²) in [4.78, 5) is 119. The van der Waals surface area contributed by atoms with Gasteiger partial charge in [-0.25, -0.2) is 0 Å². The Kier molecular flexibility index (Phi) is 24.9. The largest absolute Gasteiger partial charge is 0.347 e. The first-order valence-corrected chi connectivity index (χ1v) is 26.1. The first-order chi connectivity index (χ1) is 35.2. The van der Waals surface area contributed by atoms with E-state index in [-0.39, 0.29) is 109 Å². The molecule has 3 unspecified atom stereocenters.